The summed E-state index contributed by atoms with van der Waals surface area (Å²) in [5.41, 5.74) is 1.32. The van der Waals surface area contributed by atoms with E-state index < -0.39 is 11.6 Å². The van der Waals surface area contributed by atoms with Gasteiger partial charge in [0.2, 0.25) is 0 Å². The number of aromatic nitrogens is 3. The van der Waals surface area contributed by atoms with Gasteiger partial charge in [-0.1, -0.05) is 6.07 Å². The Morgan fingerprint density at radius 1 is 1.25 bits per heavy atom. The van der Waals surface area contributed by atoms with Crippen molar-refractivity contribution in [3.8, 4) is 0 Å². The lowest BCUT2D eigenvalue weighted by Crippen LogP contribution is -2.21. The van der Waals surface area contributed by atoms with Crippen LogP contribution in [0.4, 0.5) is 14.6 Å². The fourth-order valence-corrected chi connectivity index (χ4v) is 2.75. The highest BCUT2D eigenvalue weighted by Gasteiger charge is 2.12. The van der Waals surface area contributed by atoms with Gasteiger partial charge in [0.15, 0.2) is 17.3 Å². The Bertz CT molecular complexity index is 855. The lowest BCUT2D eigenvalue weighted by Gasteiger charge is -2.16. The first-order chi connectivity index (χ1) is 11.6. The Labute approximate surface area is 145 Å². The average molecular weight is 397 g/mol. The molecule has 0 spiro atoms. The Hall–Kier alpha value is -2.06. The maximum atomic E-state index is 13.3. The lowest BCUT2D eigenvalue weighted by molar-refractivity contribution is 0.232. The molecule has 0 aliphatic rings. The minimum atomic E-state index is -0.880. The van der Waals surface area contributed by atoms with Crippen molar-refractivity contribution < 1.29 is 13.9 Å². The number of nitrogens with one attached hydrogen (secondary N) is 1. The molecule has 0 bridgehead atoms. The van der Waals surface area contributed by atoms with Crippen LogP contribution in [0.1, 0.15) is 5.56 Å². The highest BCUT2D eigenvalue weighted by molar-refractivity contribution is 9.10. The molecule has 3 aromatic rings. The Kier molecular flexibility index (Phi) is 5.06. The quantitative estimate of drug-likeness (QED) is 0.672. The van der Waals surface area contributed by atoms with Crippen molar-refractivity contribution in [3.05, 3.63) is 58.3 Å². The Balaban J connectivity index is 1.66. The fraction of sp³-hybridized carbons (Fsp3) is 0.250. The maximum Gasteiger partial charge on any atom is 0.171 e. The van der Waals surface area contributed by atoms with Crippen LogP contribution in [0, 0.1) is 17.6 Å². The molecule has 1 unspecified atom stereocenters. The van der Waals surface area contributed by atoms with Crippen LogP contribution in [0.2, 0.25) is 0 Å². The van der Waals surface area contributed by atoms with E-state index in [1.807, 2.05) is 0 Å². The molecule has 3 rings (SSSR count). The number of benzene rings is 1. The highest BCUT2D eigenvalue weighted by Crippen LogP contribution is 2.18. The van der Waals surface area contributed by atoms with Gasteiger partial charge in [-0.2, -0.15) is 5.10 Å². The van der Waals surface area contributed by atoms with Gasteiger partial charge in [0.25, 0.3) is 0 Å². The summed E-state index contributed by atoms with van der Waals surface area (Å²) in [4.78, 5) is 4.43. The van der Waals surface area contributed by atoms with E-state index in [9.17, 15) is 13.9 Å². The first-order valence-electron chi connectivity index (χ1n) is 7.35. The van der Waals surface area contributed by atoms with E-state index in [0.717, 1.165) is 16.6 Å². The van der Waals surface area contributed by atoms with Crippen LogP contribution < -0.4 is 5.32 Å². The third-order valence-electron chi connectivity index (χ3n) is 3.66. The summed E-state index contributed by atoms with van der Waals surface area (Å²) >= 11 is 3.37. The van der Waals surface area contributed by atoms with Gasteiger partial charge in [0.05, 0.1) is 10.7 Å². The minimum Gasteiger partial charge on any atom is -0.396 e. The molecule has 2 N–H and O–H groups in total. The summed E-state index contributed by atoms with van der Waals surface area (Å²) in [7, 11) is 0. The van der Waals surface area contributed by atoms with E-state index in [-0.39, 0.29) is 12.5 Å². The predicted molar refractivity (Wildman–Crippen MR) is 89.8 cm³/mol. The summed E-state index contributed by atoms with van der Waals surface area (Å²) in [5, 5.41) is 16.8. The molecular formula is C16H15BrF2N4O. The predicted octanol–water partition coefficient (Wildman–Crippen LogP) is 3.03. The average Bonchev–Trinajstić information content (AvgIpc) is 2.95. The third kappa shape index (κ3) is 3.70. The standard InChI is InChI=1S/C16H15BrF2N4O/c17-12-8-21-23-4-3-15(22-16(12)23)20-7-11(9-24)5-10-1-2-13(18)14(19)6-10/h1-4,6,8,11,24H,5,7,9H2,(H,20,22). The summed E-state index contributed by atoms with van der Waals surface area (Å²) in [6.45, 7) is 0.370. The molecule has 5 nitrogen and oxygen atoms in total. The van der Waals surface area contributed by atoms with Gasteiger partial charge in [-0.25, -0.2) is 18.3 Å². The van der Waals surface area contributed by atoms with Crippen molar-refractivity contribution in [1.29, 1.82) is 0 Å². The monoisotopic (exact) mass is 396 g/mol. The minimum absolute atomic E-state index is 0.0788. The summed E-state index contributed by atoms with van der Waals surface area (Å²) < 4.78 is 28.7. The number of aliphatic hydroxyl groups is 1. The molecule has 0 aliphatic carbocycles. The SMILES string of the molecule is OCC(CNc1ccn2ncc(Br)c2n1)Cc1ccc(F)c(F)c1. The molecule has 0 saturated carbocycles. The van der Waals surface area contributed by atoms with E-state index in [0.29, 0.717) is 30.0 Å². The van der Waals surface area contributed by atoms with E-state index >= 15 is 0 Å². The first kappa shape index (κ1) is 16.8. The summed E-state index contributed by atoms with van der Waals surface area (Å²) in [6, 6.07) is 5.55. The van der Waals surface area contributed by atoms with Gasteiger partial charge in [-0.05, 0) is 46.1 Å². The normalized spacial score (nSPS) is 12.5. The van der Waals surface area contributed by atoms with Crippen LogP contribution in [0.5, 0.6) is 0 Å². The van der Waals surface area contributed by atoms with Crippen LogP contribution >= 0.6 is 15.9 Å². The van der Waals surface area contributed by atoms with Gasteiger partial charge in [0.1, 0.15) is 5.82 Å². The zero-order chi connectivity index (χ0) is 17.1. The second-order valence-electron chi connectivity index (χ2n) is 5.46. The van der Waals surface area contributed by atoms with E-state index in [1.54, 1.807) is 23.0 Å². The highest BCUT2D eigenvalue weighted by atomic mass is 79.9. The largest absolute Gasteiger partial charge is 0.396 e. The molecule has 8 heteroatoms. The van der Waals surface area contributed by atoms with Crippen LogP contribution in [-0.2, 0) is 6.42 Å². The van der Waals surface area contributed by atoms with Crippen molar-refractivity contribution >= 4 is 27.4 Å². The summed E-state index contributed by atoms with van der Waals surface area (Å²) in [6.07, 6.45) is 3.86. The number of nitrogens with zero attached hydrogens (tertiary/aromatic N) is 3. The van der Waals surface area contributed by atoms with Gasteiger partial charge in [-0.15, -0.1) is 0 Å². The molecule has 1 atom stereocenters. The maximum absolute atomic E-state index is 13.3. The number of rotatable bonds is 6. The molecule has 1 aromatic carbocycles. The number of aliphatic hydroxyl groups excluding tert-OH is 1. The molecule has 2 aromatic heterocycles. The van der Waals surface area contributed by atoms with Crippen molar-refractivity contribution in [2.45, 2.75) is 6.42 Å². The van der Waals surface area contributed by atoms with Gasteiger partial charge in [-0.3, -0.25) is 0 Å². The molecule has 0 radical (unpaired) electrons. The molecule has 0 saturated heterocycles. The van der Waals surface area contributed by atoms with Crippen molar-refractivity contribution in [2.24, 2.45) is 5.92 Å². The summed E-state index contributed by atoms with van der Waals surface area (Å²) in [5.74, 6) is -1.26. The number of halogens is 3. The van der Waals surface area contributed by atoms with E-state index in [4.69, 9.17) is 0 Å². The Morgan fingerprint density at radius 3 is 2.83 bits per heavy atom. The van der Waals surface area contributed by atoms with Crippen molar-refractivity contribution in [1.82, 2.24) is 14.6 Å². The Morgan fingerprint density at radius 2 is 2.08 bits per heavy atom. The van der Waals surface area contributed by atoms with Crippen LogP contribution in [0.3, 0.4) is 0 Å². The molecule has 0 aliphatic heterocycles. The molecule has 126 valence electrons. The topological polar surface area (TPSA) is 62.5 Å². The first-order valence-corrected chi connectivity index (χ1v) is 8.14. The number of hydrogen-bond donors (Lipinski definition) is 2. The lowest BCUT2D eigenvalue weighted by atomic mass is 10.00. The molecule has 0 fully saturated rings. The van der Waals surface area contributed by atoms with Gasteiger partial charge < -0.3 is 10.4 Å². The van der Waals surface area contributed by atoms with Crippen LogP contribution in [0.25, 0.3) is 5.65 Å². The molecular weight excluding hydrogens is 382 g/mol. The van der Waals surface area contributed by atoms with Crippen LogP contribution in [0.15, 0.2) is 41.1 Å². The molecule has 0 amide bonds. The number of hydrogen-bond acceptors (Lipinski definition) is 4. The van der Waals surface area contributed by atoms with E-state index in [2.05, 4.69) is 31.3 Å². The zero-order valence-electron chi connectivity index (χ0n) is 12.6. The number of fused-ring (bicyclic) bond motifs is 1. The second kappa shape index (κ2) is 7.23. The third-order valence-corrected chi connectivity index (χ3v) is 4.22. The van der Waals surface area contributed by atoms with Crippen molar-refractivity contribution in [2.75, 3.05) is 18.5 Å². The smallest absolute Gasteiger partial charge is 0.171 e. The van der Waals surface area contributed by atoms with E-state index in [1.165, 1.54) is 6.07 Å². The second-order valence-corrected chi connectivity index (χ2v) is 6.31. The molecule has 24 heavy (non-hydrogen) atoms. The fourth-order valence-electron chi connectivity index (χ4n) is 2.39. The zero-order valence-corrected chi connectivity index (χ0v) is 14.2. The van der Waals surface area contributed by atoms with Gasteiger partial charge in [0, 0.05) is 25.3 Å². The number of anilines is 1. The van der Waals surface area contributed by atoms with Crippen molar-refractivity contribution in [3.63, 3.8) is 0 Å². The van der Waals surface area contributed by atoms with Gasteiger partial charge >= 0.3 is 0 Å². The molecule has 2 heterocycles. The van der Waals surface area contributed by atoms with Crippen LogP contribution in [-0.4, -0.2) is 32.9 Å².